The highest BCUT2D eigenvalue weighted by Gasteiger charge is 2.47. The van der Waals surface area contributed by atoms with Gasteiger partial charge in [-0.3, -0.25) is 24.0 Å². The quantitative estimate of drug-likeness (QED) is 0.0283. The highest BCUT2D eigenvalue weighted by Crippen LogP contribution is 2.40. The minimum Gasteiger partial charge on any atom is -0.394 e. The summed E-state index contributed by atoms with van der Waals surface area (Å²) in [6.07, 6.45) is -23.1. The van der Waals surface area contributed by atoms with E-state index in [-0.39, 0.29) is 129 Å². The molecule has 5 aliphatic heterocycles. The van der Waals surface area contributed by atoms with Crippen LogP contribution in [0.1, 0.15) is 70.6 Å². The Morgan fingerprint density at radius 2 is 1.04 bits per heavy atom. The van der Waals surface area contributed by atoms with Crippen LogP contribution < -0.4 is 5.32 Å². The van der Waals surface area contributed by atoms with Gasteiger partial charge in [0.05, 0.1) is 39.6 Å². The molecule has 0 aromatic rings. The lowest BCUT2D eigenvalue weighted by Crippen LogP contribution is -2.59. The van der Waals surface area contributed by atoms with Crippen molar-refractivity contribution in [3.05, 3.63) is 0 Å². The first-order valence-electron chi connectivity index (χ1n) is 24.4. The van der Waals surface area contributed by atoms with Gasteiger partial charge < -0.3 is 110 Å². The molecule has 0 aliphatic carbocycles. The summed E-state index contributed by atoms with van der Waals surface area (Å²) in [7, 11) is 0. The molecular weight excluding hydrogens is 984 g/mol. The molecular formula is C44H72N4O25. The molecule has 73 heavy (non-hydrogen) atoms. The zero-order valence-corrected chi connectivity index (χ0v) is 40.2. The molecule has 0 saturated carbocycles. The van der Waals surface area contributed by atoms with Crippen LogP contribution in [0, 0.1) is 5.41 Å². The number of nitrogens with one attached hydrogen (secondary N) is 1. The Morgan fingerprint density at radius 1 is 0.603 bits per heavy atom. The SMILES string of the molecule is O=C(CC1(CCC(=O)N(CCO[C@H]2O[C@H](CO)[C@@H](O)[C@H](O)[C@@H]2O)CCO[C@H]2O[C@H](CO)[C@@H](O)[C@H](O)[C@@H]2O)CCN(C(=O)CCCCC(=O)ON2C(=O)CCC2=O)CC1)NCCO[C@H]1O[C@H](CO)[C@@H](O)[C@H](O)[C@@H]1O. The third-order valence-electron chi connectivity index (χ3n) is 13.7. The van der Waals surface area contributed by atoms with E-state index in [0.717, 1.165) is 0 Å². The highest BCUT2D eigenvalue weighted by atomic mass is 16.7. The number of piperidine rings is 1. The van der Waals surface area contributed by atoms with Gasteiger partial charge in [0.25, 0.3) is 11.8 Å². The number of hydrogen-bond donors (Lipinski definition) is 13. The molecule has 5 rings (SSSR count). The lowest BCUT2D eigenvalue weighted by molar-refractivity contribution is -0.303. The lowest BCUT2D eigenvalue weighted by Gasteiger charge is -2.42. The van der Waals surface area contributed by atoms with Gasteiger partial charge in [0.2, 0.25) is 17.7 Å². The van der Waals surface area contributed by atoms with Gasteiger partial charge in [0.1, 0.15) is 73.2 Å². The first-order chi connectivity index (χ1) is 34.7. The van der Waals surface area contributed by atoms with Crippen molar-refractivity contribution < 1.29 is 123 Å². The van der Waals surface area contributed by atoms with Gasteiger partial charge in [0.15, 0.2) is 18.9 Å². The summed E-state index contributed by atoms with van der Waals surface area (Å²) in [6.45, 7) is -3.27. The van der Waals surface area contributed by atoms with Crippen molar-refractivity contribution >= 4 is 35.5 Å². The topological polar surface area (TPSA) is 432 Å². The van der Waals surface area contributed by atoms with Gasteiger partial charge in [-0.25, -0.2) is 4.79 Å². The van der Waals surface area contributed by atoms with Crippen LogP contribution in [0.2, 0.25) is 0 Å². The summed E-state index contributed by atoms with van der Waals surface area (Å²) < 4.78 is 32.9. The van der Waals surface area contributed by atoms with E-state index in [9.17, 15) is 90.0 Å². The van der Waals surface area contributed by atoms with Crippen molar-refractivity contribution in [1.82, 2.24) is 20.2 Å². The van der Waals surface area contributed by atoms with Crippen LogP contribution in [0.3, 0.4) is 0 Å². The molecule has 5 amide bonds. The van der Waals surface area contributed by atoms with Crippen molar-refractivity contribution in [2.24, 2.45) is 5.41 Å². The molecule has 0 unspecified atom stereocenters. The van der Waals surface area contributed by atoms with Crippen LogP contribution in [-0.4, -0.2) is 276 Å². The Bertz CT molecular complexity index is 1750. The number of carbonyl (C=O) groups excluding carboxylic acids is 6. The molecule has 29 nitrogen and oxygen atoms in total. The number of imide groups is 1. The predicted octanol–water partition coefficient (Wildman–Crippen LogP) is -7.67. The molecule has 0 aromatic heterocycles. The van der Waals surface area contributed by atoms with Crippen LogP contribution >= 0.6 is 0 Å². The number of amides is 5. The monoisotopic (exact) mass is 1060 g/mol. The number of unbranched alkanes of at least 4 members (excludes halogenated alkanes) is 1. The standard InChI is InChI=1S/C44H72N4O25/c49-20-23-32(58)35(61)38(64)41(70-23)67-16-11-45-26(52)19-44(9-12-46(13-10-44)27(53)3-1-2-4-31(57)73-48-29(55)5-6-30(48)56)8-7-28(54)47(14-17-68-42-39(65)36(62)33(59)24(21-50)71-42)15-18-69-43-40(66)37(63)34(60)25(22-51)72-43/h23-25,32-43,49-51,58-66H,1-22H2,(H,45,52)/t23-,24-,25-,32-,33-,34-,35+,36+,37+,38+,39+,40+,41+,42+,43+/m1/s1. The average Bonchev–Trinajstić information content (AvgIpc) is 3.69. The number of hydrogen-bond acceptors (Lipinski definition) is 25. The molecule has 29 heteroatoms. The van der Waals surface area contributed by atoms with Gasteiger partial charge in [0, 0.05) is 71.2 Å². The van der Waals surface area contributed by atoms with Crippen molar-refractivity contribution in [2.45, 2.75) is 163 Å². The lowest BCUT2D eigenvalue weighted by atomic mass is 9.72. The Balaban J connectivity index is 1.22. The van der Waals surface area contributed by atoms with Crippen LogP contribution in [-0.2, 0) is 62.0 Å². The van der Waals surface area contributed by atoms with Crippen LogP contribution in [0.15, 0.2) is 0 Å². The van der Waals surface area contributed by atoms with Crippen molar-refractivity contribution in [2.75, 3.05) is 72.4 Å². The van der Waals surface area contributed by atoms with Crippen LogP contribution in [0.4, 0.5) is 0 Å². The van der Waals surface area contributed by atoms with Crippen molar-refractivity contribution in [1.29, 1.82) is 0 Å². The largest absolute Gasteiger partial charge is 0.394 e. The van der Waals surface area contributed by atoms with Crippen LogP contribution in [0.5, 0.6) is 0 Å². The number of ether oxygens (including phenoxy) is 6. The number of carbonyl (C=O) groups is 6. The maximum Gasteiger partial charge on any atom is 0.333 e. The third kappa shape index (κ3) is 16.2. The Kier molecular flexibility index (Phi) is 23.4. The first-order valence-corrected chi connectivity index (χ1v) is 24.4. The zero-order chi connectivity index (χ0) is 53.6. The number of rotatable bonds is 26. The zero-order valence-electron chi connectivity index (χ0n) is 40.2. The summed E-state index contributed by atoms with van der Waals surface area (Å²) in [5.74, 6) is -3.27. The molecule has 418 valence electrons. The second kappa shape index (κ2) is 28.4. The number of aliphatic hydroxyl groups excluding tert-OH is 12. The average molecular weight is 1060 g/mol. The van der Waals surface area contributed by atoms with E-state index >= 15 is 0 Å². The molecule has 5 saturated heterocycles. The molecule has 5 fully saturated rings. The maximum absolute atomic E-state index is 14.2. The van der Waals surface area contributed by atoms with E-state index < -0.39 is 147 Å². The van der Waals surface area contributed by atoms with E-state index in [4.69, 9.17) is 33.3 Å². The molecule has 0 aromatic carbocycles. The van der Waals surface area contributed by atoms with Crippen LogP contribution in [0.25, 0.3) is 0 Å². The van der Waals surface area contributed by atoms with Gasteiger partial charge in [-0.2, -0.15) is 0 Å². The summed E-state index contributed by atoms with van der Waals surface area (Å²) in [6, 6.07) is 0. The fraction of sp³-hybridized carbons (Fsp3) is 0.864. The van der Waals surface area contributed by atoms with Gasteiger partial charge in [-0.05, 0) is 37.5 Å². The number of hydroxylamine groups is 2. The smallest absolute Gasteiger partial charge is 0.333 e. The van der Waals surface area contributed by atoms with E-state index in [0.29, 0.717) is 5.06 Å². The fourth-order valence-corrected chi connectivity index (χ4v) is 9.09. The second-order valence-electron chi connectivity index (χ2n) is 18.7. The molecule has 5 heterocycles. The molecule has 0 bridgehead atoms. The summed E-state index contributed by atoms with van der Waals surface area (Å²) >= 11 is 0. The molecule has 13 N–H and O–H groups in total. The van der Waals surface area contributed by atoms with E-state index in [2.05, 4.69) is 5.32 Å². The molecule has 0 radical (unpaired) electrons. The summed E-state index contributed by atoms with van der Waals surface area (Å²) in [5.41, 5.74) is -0.895. The predicted molar refractivity (Wildman–Crippen MR) is 236 cm³/mol. The Morgan fingerprint density at radius 3 is 1.49 bits per heavy atom. The van der Waals surface area contributed by atoms with E-state index in [1.807, 2.05) is 0 Å². The van der Waals surface area contributed by atoms with Gasteiger partial charge in [-0.15, -0.1) is 5.06 Å². The fourth-order valence-electron chi connectivity index (χ4n) is 9.09. The Labute approximate surface area is 418 Å². The molecule has 0 spiro atoms. The number of aliphatic hydroxyl groups is 12. The van der Waals surface area contributed by atoms with Crippen molar-refractivity contribution in [3.8, 4) is 0 Å². The third-order valence-corrected chi connectivity index (χ3v) is 13.7. The summed E-state index contributed by atoms with van der Waals surface area (Å²) in [4.78, 5) is 84.7. The van der Waals surface area contributed by atoms with Gasteiger partial charge >= 0.3 is 5.97 Å². The molecule has 15 atom stereocenters. The minimum absolute atomic E-state index is 0.0423. The molecule has 5 aliphatic rings. The number of likely N-dealkylation sites (tertiary alicyclic amines) is 1. The Hall–Kier alpha value is -3.70. The first kappa shape index (κ1) is 60.2. The van der Waals surface area contributed by atoms with E-state index in [1.165, 1.54) is 4.90 Å². The highest BCUT2D eigenvalue weighted by molar-refractivity contribution is 6.01. The minimum atomic E-state index is -1.75. The number of nitrogens with zero attached hydrogens (tertiary/aromatic N) is 3. The summed E-state index contributed by atoms with van der Waals surface area (Å²) in [5, 5.41) is 124. The van der Waals surface area contributed by atoms with Crippen molar-refractivity contribution in [3.63, 3.8) is 0 Å². The maximum atomic E-state index is 14.2. The van der Waals surface area contributed by atoms with Gasteiger partial charge in [-0.1, -0.05) is 0 Å². The van der Waals surface area contributed by atoms with E-state index in [1.54, 1.807) is 4.90 Å². The normalized spacial score (nSPS) is 33.7. The second-order valence-corrected chi connectivity index (χ2v) is 18.7.